The molecule has 0 heterocycles. The van der Waals surface area contributed by atoms with Crippen LogP contribution in [0.5, 0.6) is 5.75 Å². The van der Waals surface area contributed by atoms with E-state index in [9.17, 15) is 9.59 Å². The standard InChI is InChI=1S/C20H22ClN3O3/c1-13-8-9-16(21)11-17(13)22-19(25)10-15(3)23-24-20(26)12-27-18-7-5-4-6-14(18)2/h4-9,11H,10,12H2,1-3H3,(H,22,25)(H,24,26). The van der Waals surface area contributed by atoms with Crippen LogP contribution in [0.1, 0.15) is 24.5 Å². The van der Waals surface area contributed by atoms with Crippen molar-refractivity contribution in [3.8, 4) is 5.75 Å². The molecule has 27 heavy (non-hydrogen) atoms. The Kier molecular flexibility index (Phi) is 7.37. The van der Waals surface area contributed by atoms with Gasteiger partial charge in [-0.05, 0) is 50.1 Å². The summed E-state index contributed by atoms with van der Waals surface area (Å²) in [5, 5.41) is 7.26. The molecule has 0 radical (unpaired) electrons. The molecule has 2 aromatic carbocycles. The quantitative estimate of drug-likeness (QED) is 0.559. The molecular weight excluding hydrogens is 366 g/mol. The monoisotopic (exact) mass is 387 g/mol. The summed E-state index contributed by atoms with van der Waals surface area (Å²) < 4.78 is 5.44. The topological polar surface area (TPSA) is 79.8 Å². The van der Waals surface area contributed by atoms with Gasteiger partial charge >= 0.3 is 0 Å². The van der Waals surface area contributed by atoms with Gasteiger partial charge in [0.05, 0.1) is 6.42 Å². The fourth-order valence-corrected chi connectivity index (χ4v) is 2.42. The Morgan fingerprint density at radius 1 is 1.07 bits per heavy atom. The van der Waals surface area contributed by atoms with Crippen molar-refractivity contribution < 1.29 is 14.3 Å². The number of hydrogen-bond acceptors (Lipinski definition) is 4. The maximum absolute atomic E-state index is 12.1. The van der Waals surface area contributed by atoms with Crippen molar-refractivity contribution >= 4 is 34.8 Å². The highest BCUT2D eigenvalue weighted by atomic mass is 35.5. The number of aryl methyl sites for hydroxylation is 2. The third-order valence-electron chi connectivity index (χ3n) is 3.71. The van der Waals surface area contributed by atoms with E-state index < -0.39 is 5.91 Å². The third-order valence-corrected chi connectivity index (χ3v) is 3.95. The van der Waals surface area contributed by atoms with E-state index in [4.69, 9.17) is 16.3 Å². The predicted molar refractivity (Wildman–Crippen MR) is 107 cm³/mol. The number of amides is 2. The highest BCUT2D eigenvalue weighted by Crippen LogP contribution is 2.20. The molecule has 0 aliphatic heterocycles. The van der Waals surface area contributed by atoms with Crippen LogP contribution in [-0.2, 0) is 9.59 Å². The summed E-state index contributed by atoms with van der Waals surface area (Å²) in [7, 11) is 0. The summed E-state index contributed by atoms with van der Waals surface area (Å²) in [6, 6.07) is 12.7. The van der Waals surface area contributed by atoms with Gasteiger partial charge in [-0.2, -0.15) is 5.10 Å². The summed E-state index contributed by atoms with van der Waals surface area (Å²) in [5.74, 6) is 0.000318. The van der Waals surface area contributed by atoms with Crippen LogP contribution in [-0.4, -0.2) is 24.1 Å². The third kappa shape index (κ3) is 6.75. The zero-order valence-electron chi connectivity index (χ0n) is 15.5. The summed E-state index contributed by atoms with van der Waals surface area (Å²) >= 11 is 5.94. The van der Waals surface area contributed by atoms with Gasteiger partial charge in [-0.3, -0.25) is 9.59 Å². The molecule has 0 spiro atoms. The van der Waals surface area contributed by atoms with Gasteiger partial charge in [0.2, 0.25) is 5.91 Å². The minimum Gasteiger partial charge on any atom is -0.483 e. The second kappa shape index (κ2) is 9.73. The number of benzene rings is 2. The molecule has 0 aliphatic carbocycles. The van der Waals surface area contributed by atoms with Gasteiger partial charge in [0.25, 0.3) is 5.91 Å². The van der Waals surface area contributed by atoms with Crippen molar-refractivity contribution in [2.24, 2.45) is 5.10 Å². The van der Waals surface area contributed by atoms with Gasteiger partial charge in [0.1, 0.15) is 5.75 Å². The number of carbonyl (C=O) groups excluding carboxylic acids is 2. The Labute approximate surface area is 163 Å². The Morgan fingerprint density at radius 2 is 1.81 bits per heavy atom. The minimum atomic E-state index is -0.399. The predicted octanol–water partition coefficient (Wildman–Crippen LogP) is 3.86. The average Bonchev–Trinajstić information content (AvgIpc) is 2.62. The Bertz CT molecular complexity index is 865. The lowest BCUT2D eigenvalue weighted by Crippen LogP contribution is -2.26. The number of anilines is 1. The van der Waals surface area contributed by atoms with Gasteiger partial charge in [-0.1, -0.05) is 35.9 Å². The van der Waals surface area contributed by atoms with Gasteiger partial charge < -0.3 is 10.1 Å². The van der Waals surface area contributed by atoms with Crippen LogP contribution < -0.4 is 15.5 Å². The molecule has 0 saturated heterocycles. The molecule has 0 atom stereocenters. The van der Waals surface area contributed by atoms with E-state index in [1.807, 2.05) is 38.1 Å². The number of nitrogens with one attached hydrogen (secondary N) is 2. The molecule has 0 fully saturated rings. The Morgan fingerprint density at radius 3 is 2.56 bits per heavy atom. The number of hydrazone groups is 1. The van der Waals surface area contributed by atoms with Gasteiger partial charge in [0, 0.05) is 16.4 Å². The van der Waals surface area contributed by atoms with Crippen LogP contribution >= 0.6 is 11.6 Å². The molecule has 0 aliphatic rings. The zero-order valence-corrected chi connectivity index (χ0v) is 16.3. The normalized spacial score (nSPS) is 11.0. The van der Waals surface area contributed by atoms with E-state index >= 15 is 0 Å². The number of hydrogen-bond donors (Lipinski definition) is 2. The van der Waals surface area contributed by atoms with Crippen molar-refractivity contribution in [1.29, 1.82) is 0 Å². The first-order chi connectivity index (χ1) is 12.8. The van der Waals surface area contributed by atoms with E-state index in [0.717, 1.165) is 11.1 Å². The molecular formula is C20H22ClN3O3. The molecule has 0 aromatic heterocycles. The van der Waals surface area contributed by atoms with E-state index in [2.05, 4.69) is 15.8 Å². The van der Waals surface area contributed by atoms with Crippen molar-refractivity contribution in [3.63, 3.8) is 0 Å². The highest BCUT2D eigenvalue weighted by molar-refractivity contribution is 6.31. The number of rotatable bonds is 7. The molecule has 2 N–H and O–H groups in total. The second-order valence-electron chi connectivity index (χ2n) is 6.12. The average molecular weight is 388 g/mol. The molecule has 142 valence electrons. The van der Waals surface area contributed by atoms with E-state index in [1.54, 1.807) is 25.1 Å². The second-order valence-corrected chi connectivity index (χ2v) is 6.56. The summed E-state index contributed by atoms with van der Waals surface area (Å²) in [6.45, 7) is 5.28. The molecule has 7 heteroatoms. The molecule has 0 bridgehead atoms. The van der Waals surface area contributed by atoms with Gasteiger partial charge in [-0.15, -0.1) is 0 Å². The number of halogens is 1. The largest absolute Gasteiger partial charge is 0.483 e. The van der Waals surface area contributed by atoms with E-state index in [1.165, 1.54) is 0 Å². The van der Waals surface area contributed by atoms with Crippen molar-refractivity contribution in [1.82, 2.24) is 5.43 Å². The Hall–Kier alpha value is -2.86. The Balaban J connectivity index is 1.81. The molecule has 6 nitrogen and oxygen atoms in total. The maximum Gasteiger partial charge on any atom is 0.277 e. The molecule has 0 unspecified atom stereocenters. The van der Waals surface area contributed by atoms with Crippen LogP contribution in [0.15, 0.2) is 47.6 Å². The van der Waals surface area contributed by atoms with Crippen molar-refractivity contribution in [3.05, 3.63) is 58.6 Å². The lowest BCUT2D eigenvalue weighted by atomic mass is 10.2. The zero-order chi connectivity index (χ0) is 19.8. The van der Waals surface area contributed by atoms with Gasteiger partial charge in [-0.25, -0.2) is 5.43 Å². The van der Waals surface area contributed by atoms with E-state index in [0.29, 0.717) is 22.2 Å². The number of para-hydroxylation sites is 1. The van der Waals surface area contributed by atoms with Crippen LogP contribution in [0.4, 0.5) is 5.69 Å². The van der Waals surface area contributed by atoms with Crippen LogP contribution in [0.25, 0.3) is 0 Å². The SMILES string of the molecule is CC(CC(=O)Nc1cc(Cl)ccc1C)=NNC(=O)COc1ccccc1C. The first-order valence-corrected chi connectivity index (χ1v) is 8.79. The number of nitrogens with zero attached hydrogens (tertiary/aromatic N) is 1. The first-order valence-electron chi connectivity index (χ1n) is 8.41. The lowest BCUT2D eigenvalue weighted by molar-refractivity contribution is -0.123. The fraction of sp³-hybridized carbons (Fsp3) is 0.250. The number of carbonyl (C=O) groups is 2. The molecule has 0 saturated carbocycles. The summed E-state index contributed by atoms with van der Waals surface area (Å²) in [6.07, 6.45) is 0.0465. The molecule has 2 amide bonds. The summed E-state index contributed by atoms with van der Waals surface area (Å²) in [5.41, 5.74) is 5.35. The first kappa shape index (κ1) is 20.5. The number of ether oxygens (including phenoxy) is 1. The van der Waals surface area contributed by atoms with Crippen LogP contribution in [0.2, 0.25) is 5.02 Å². The summed E-state index contributed by atoms with van der Waals surface area (Å²) in [4.78, 5) is 23.9. The highest BCUT2D eigenvalue weighted by Gasteiger charge is 2.08. The minimum absolute atomic E-state index is 0.0465. The van der Waals surface area contributed by atoms with Crippen LogP contribution in [0, 0.1) is 13.8 Å². The smallest absolute Gasteiger partial charge is 0.277 e. The van der Waals surface area contributed by atoms with Crippen LogP contribution in [0.3, 0.4) is 0 Å². The van der Waals surface area contributed by atoms with E-state index in [-0.39, 0.29) is 18.9 Å². The fourth-order valence-electron chi connectivity index (χ4n) is 2.25. The molecule has 2 rings (SSSR count). The maximum atomic E-state index is 12.1. The van der Waals surface area contributed by atoms with Gasteiger partial charge in [0.15, 0.2) is 6.61 Å². The van der Waals surface area contributed by atoms with Crippen molar-refractivity contribution in [2.75, 3.05) is 11.9 Å². The van der Waals surface area contributed by atoms with Crippen molar-refractivity contribution in [2.45, 2.75) is 27.2 Å². The lowest BCUT2D eigenvalue weighted by Gasteiger charge is -2.09. The molecule has 2 aromatic rings.